The second-order valence-corrected chi connectivity index (χ2v) is 8.88. The summed E-state index contributed by atoms with van der Waals surface area (Å²) in [6, 6.07) is 6.24. The molecule has 0 N–H and O–H groups in total. The minimum atomic E-state index is -0.521. The maximum absolute atomic E-state index is 13.3. The lowest BCUT2D eigenvalue weighted by molar-refractivity contribution is 0.0270. The van der Waals surface area contributed by atoms with E-state index in [-0.39, 0.29) is 11.9 Å². The molecule has 8 heteroatoms. The average molecular weight is 473 g/mol. The van der Waals surface area contributed by atoms with Crippen LogP contribution in [0.3, 0.4) is 0 Å². The maximum atomic E-state index is 13.3. The molecule has 0 bridgehead atoms. The molecular formula is C22H22BrFN4O2. The smallest absolute Gasteiger partial charge is 0.410 e. The fourth-order valence-corrected chi connectivity index (χ4v) is 3.95. The topological polar surface area (TPSA) is 59.7 Å². The van der Waals surface area contributed by atoms with E-state index in [1.807, 2.05) is 37.4 Å². The summed E-state index contributed by atoms with van der Waals surface area (Å²) in [7, 11) is 0. The van der Waals surface area contributed by atoms with Crippen LogP contribution in [0, 0.1) is 5.82 Å². The molecule has 6 nitrogen and oxygen atoms in total. The third kappa shape index (κ3) is 4.09. The molecule has 0 radical (unpaired) electrons. The van der Waals surface area contributed by atoms with E-state index in [0.29, 0.717) is 25.2 Å². The van der Waals surface area contributed by atoms with E-state index in [2.05, 4.69) is 20.9 Å². The number of imidazole rings is 1. The molecule has 2 aromatic heterocycles. The fraction of sp³-hybridized carbons (Fsp3) is 0.318. The SMILES string of the molecule is CC(C)(C)OC(=O)N1CC=C(c2nccn3c(Br)c(-c4ccc(F)cc4)nc23)CC1. The number of benzene rings is 1. The van der Waals surface area contributed by atoms with Gasteiger partial charge in [-0.2, -0.15) is 0 Å². The van der Waals surface area contributed by atoms with Crippen molar-refractivity contribution in [3.8, 4) is 11.3 Å². The molecule has 1 aliphatic heterocycles. The van der Waals surface area contributed by atoms with Crippen molar-refractivity contribution in [2.45, 2.75) is 32.8 Å². The van der Waals surface area contributed by atoms with Gasteiger partial charge in [-0.05, 0) is 73.0 Å². The molecule has 30 heavy (non-hydrogen) atoms. The summed E-state index contributed by atoms with van der Waals surface area (Å²) in [6.07, 6.45) is 5.90. The van der Waals surface area contributed by atoms with E-state index >= 15 is 0 Å². The molecule has 0 spiro atoms. The molecule has 3 aromatic rings. The van der Waals surface area contributed by atoms with Gasteiger partial charge in [0.25, 0.3) is 0 Å². The molecule has 0 saturated heterocycles. The zero-order chi connectivity index (χ0) is 21.5. The lowest BCUT2D eigenvalue weighted by atomic mass is 10.0. The summed E-state index contributed by atoms with van der Waals surface area (Å²) >= 11 is 3.61. The Morgan fingerprint density at radius 1 is 1.20 bits per heavy atom. The van der Waals surface area contributed by atoms with Crippen LogP contribution >= 0.6 is 15.9 Å². The Kier molecular flexibility index (Phi) is 5.36. The number of hydrogen-bond donors (Lipinski definition) is 0. The molecule has 1 aromatic carbocycles. The lowest BCUT2D eigenvalue weighted by Crippen LogP contribution is -2.39. The molecule has 0 saturated carbocycles. The monoisotopic (exact) mass is 472 g/mol. The van der Waals surface area contributed by atoms with Gasteiger partial charge in [-0.1, -0.05) is 6.08 Å². The van der Waals surface area contributed by atoms with Crippen LogP contribution in [0.25, 0.3) is 22.5 Å². The first-order chi connectivity index (χ1) is 14.2. The van der Waals surface area contributed by atoms with Crippen LogP contribution in [0.15, 0.2) is 47.3 Å². The minimum Gasteiger partial charge on any atom is -0.444 e. The number of rotatable bonds is 2. The van der Waals surface area contributed by atoms with Crippen molar-refractivity contribution in [3.05, 3.63) is 58.8 Å². The molecule has 156 valence electrons. The predicted octanol–water partition coefficient (Wildman–Crippen LogP) is 5.32. The van der Waals surface area contributed by atoms with Gasteiger partial charge in [0.1, 0.15) is 27.4 Å². The zero-order valence-corrected chi connectivity index (χ0v) is 18.6. The van der Waals surface area contributed by atoms with Gasteiger partial charge in [0.2, 0.25) is 0 Å². The van der Waals surface area contributed by atoms with Gasteiger partial charge in [-0.15, -0.1) is 0 Å². The maximum Gasteiger partial charge on any atom is 0.410 e. The van der Waals surface area contributed by atoms with Crippen molar-refractivity contribution in [2.75, 3.05) is 13.1 Å². The number of amides is 1. The second kappa shape index (κ2) is 7.83. The summed E-state index contributed by atoms with van der Waals surface area (Å²) in [5.41, 5.74) is 3.52. The predicted molar refractivity (Wildman–Crippen MR) is 116 cm³/mol. The Labute approximate surface area is 182 Å². The van der Waals surface area contributed by atoms with Crippen molar-refractivity contribution in [1.82, 2.24) is 19.3 Å². The molecule has 4 rings (SSSR count). The third-order valence-corrected chi connectivity index (χ3v) is 5.52. The second-order valence-electron chi connectivity index (χ2n) is 8.13. The fourth-order valence-electron chi connectivity index (χ4n) is 3.34. The normalized spacial score (nSPS) is 14.7. The Morgan fingerprint density at radius 3 is 2.57 bits per heavy atom. The average Bonchev–Trinajstić information content (AvgIpc) is 3.04. The third-order valence-electron chi connectivity index (χ3n) is 4.77. The lowest BCUT2D eigenvalue weighted by Gasteiger charge is -2.29. The van der Waals surface area contributed by atoms with Gasteiger partial charge in [0.15, 0.2) is 5.65 Å². The van der Waals surface area contributed by atoms with Gasteiger partial charge < -0.3 is 9.64 Å². The highest BCUT2D eigenvalue weighted by molar-refractivity contribution is 9.10. The number of ether oxygens (including phenoxy) is 1. The first-order valence-electron chi connectivity index (χ1n) is 9.69. The van der Waals surface area contributed by atoms with E-state index in [4.69, 9.17) is 9.72 Å². The van der Waals surface area contributed by atoms with E-state index in [1.54, 1.807) is 23.2 Å². The van der Waals surface area contributed by atoms with E-state index in [0.717, 1.165) is 27.1 Å². The Bertz CT molecular complexity index is 1130. The van der Waals surface area contributed by atoms with E-state index in [9.17, 15) is 9.18 Å². The standard InChI is InChI=1S/C22H22BrFN4O2/c1-22(2,3)30-21(29)27-11-8-15(9-12-27)18-20-26-17(14-4-6-16(24)7-5-14)19(23)28(20)13-10-25-18/h4-8,10,13H,9,11-12H2,1-3H3. The van der Waals surface area contributed by atoms with E-state index < -0.39 is 5.60 Å². The summed E-state index contributed by atoms with van der Waals surface area (Å²) in [5, 5.41) is 0. The Morgan fingerprint density at radius 2 is 1.93 bits per heavy atom. The summed E-state index contributed by atoms with van der Waals surface area (Å²) in [4.78, 5) is 23.3. The number of nitrogens with zero attached hydrogens (tertiary/aromatic N) is 4. The molecule has 1 amide bonds. The molecular weight excluding hydrogens is 451 g/mol. The van der Waals surface area contributed by atoms with Crippen LogP contribution in [-0.4, -0.2) is 44.1 Å². The summed E-state index contributed by atoms with van der Waals surface area (Å²) in [5.74, 6) is -0.289. The molecule has 0 aliphatic carbocycles. The molecule has 0 atom stereocenters. The molecule has 0 fully saturated rings. The number of carbonyl (C=O) groups excluding carboxylic acids is 1. The number of aromatic nitrogens is 3. The van der Waals surface area contributed by atoms with Crippen LogP contribution < -0.4 is 0 Å². The van der Waals surface area contributed by atoms with Crippen molar-refractivity contribution in [3.63, 3.8) is 0 Å². The van der Waals surface area contributed by atoms with Crippen molar-refractivity contribution in [1.29, 1.82) is 0 Å². The van der Waals surface area contributed by atoms with Crippen LogP contribution in [0.1, 0.15) is 32.9 Å². The highest BCUT2D eigenvalue weighted by atomic mass is 79.9. The number of fused-ring (bicyclic) bond motifs is 1. The largest absolute Gasteiger partial charge is 0.444 e. The summed E-state index contributed by atoms with van der Waals surface area (Å²) < 4.78 is 21.5. The van der Waals surface area contributed by atoms with Crippen LogP contribution in [0.2, 0.25) is 0 Å². The van der Waals surface area contributed by atoms with Gasteiger partial charge in [0.05, 0.1) is 0 Å². The van der Waals surface area contributed by atoms with Crippen LogP contribution in [-0.2, 0) is 4.74 Å². The van der Waals surface area contributed by atoms with Crippen molar-refractivity contribution in [2.24, 2.45) is 0 Å². The summed E-state index contributed by atoms with van der Waals surface area (Å²) in [6.45, 7) is 6.58. The van der Waals surface area contributed by atoms with Gasteiger partial charge >= 0.3 is 6.09 Å². The van der Waals surface area contributed by atoms with Crippen LogP contribution in [0.5, 0.6) is 0 Å². The van der Waals surface area contributed by atoms with Crippen LogP contribution in [0.4, 0.5) is 9.18 Å². The first kappa shape index (κ1) is 20.5. The van der Waals surface area contributed by atoms with Gasteiger partial charge in [-0.25, -0.2) is 14.2 Å². The van der Waals surface area contributed by atoms with Gasteiger partial charge in [0, 0.05) is 31.0 Å². The van der Waals surface area contributed by atoms with Crippen molar-refractivity contribution < 1.29 is 13.9 Å². The minimum absolute atomic E-state index is 0.289. The highest BCUT2D eigenvalue weighted by Crippen LogP contribution is 2.32. The quantitative estimate of drug-likeness (QED) is 0.506. The Hall–Kier alpha value is -2.74. The van der Waals surface area contributed by atoms with E-state index in [1.165, 1.54) is 12.1 Å². The Balaban J connectivity index is 1.65. The number of halogens is 2. The van der Waals surface area contributed by atoms with Gasteiger partial charge in [-0.3, -0.25) is 9.38 Å². The first-order valence-corrected chi connectivity index (χ1v) is 10.5. The number of carbonyl (C=O) groups is 1. The molecule has 3 heterocycles. The molecule has 0 unspecified atom stereocenters. The number of hydrogen-bond acceptors (Lipinski definition) is 4. The molecule has 1 aliphatic rings. The zero-order valence-electron chi connectivity index (χ0n) is 17.0. The highest BCUT2D eigenvalue weighted by Gasteiger charge is 2.25. The van der Waals surface area contributed by atoms with Crippen molar-refractivity contribution >= 4 is 33.2 Å².